The van der Waals surface area contributed by atoms with Crippen molar-refractivity contribution in [2.24, 2.45) is 0 Å². The molecule has 0 aliphatic carbocycles. The summed E-state index contributed by atoms with van der Waals surface area (Å²) in [4.78, 5) is 11.9. The van der Waals surface area contributed by atoms with Gasteiger partial charge in [-0.25, -0.2) is 0 Å². The fourth-order valence-corrected chi connectivity index (χ4v) is 1.98. The lowest BCUT2D eigenvalue weighted by molar-refractivity contribution is -0.117. The number of benzene rings is 1. The molecular weight excluding hydrogens is 316 g/mol. The van der Waals surface area contributed by atoms with E-state index in [1.54, 1.807) is 24.3 Å². The monoisotopic (exact) mass is 330 g/mol. The van der Waals surface area contributed by atoms with Crippen molar-refractivity contribution in [3.63, 3.8) is 0 Å². The van der Waals surface area contributed by atoms with Crippen LogP contribution < -0.4 is 5.32 Å². The Morgan fingerprint density at radius 3 is 2.74 bits per heavy atom. The maximum atomic E-state index is 11.9. The Kier molecular flexibility index (Phi) is 5.98. The summed E-state index contributed by atoms with van der Waals surface area (Å²) >= 11 is 5.85. The molecular formula is C17H15ClN2O3. The third-order valence-corrected chi connectivity index (χ3v) is 3.25. The Hall–Kier alpha value is -2.55. The lowest BCUT2D eigenvalue weighted by Gasteiger charge is -2.02. The van der Waals surface area contributed by atoms with Gasteiger partial charge in [-0.3, -0.25) is 4.79 Å². The summed E-state index contributed by atoms with van der Waals surface area (Å²) in [6.07, 6.45) is 1.40. The molecule has 0 spiro atoms. The maximum Gasteiger partial charge on any atom is 0.262 e. The molecule has 0 saturated heterocycles. The molecule has 1 N–H and O–H groups in total. The van der Waals surface area contributed by atoms with Crippen molar-refractivity contribution in [3.8, 4) is 17.4 Å². The molecule has 1 amide bonds. The van der Waals surface area contributed by atoms with Crippen molar-refractivity contribution < 1.29 is 13.9 Å². The van der Waals surface area contributed by atoms with E-state index in [9.17, 15) is 4.79 Å². The van der Waals surface area contributed by atoms with E-state index in [4.69, 9.17) is 26.0 Å². The molecule has 1 aromatic heterocycles. The van der Waals surface area contributed by atoms with Crippen LogP contribution in [0.5, 0.6) is 0 Å². The largest absolute Gasteiger partial charge is 0.457 e. The van der Waals surface area contributed by atoms with Crippen LogP contribution in [0.1, 0.15) is 5.76 Å². The first kappa shape index (κ1) is 16.8. The third-order valence-electron chi connectivity index (χ3n) is 3.00. The summed E-state index contributed by atoms with van der Waals surface area (Å²) in [6, 6.07) is 12.5. The molecule has 0 aliphatic heterocycles. The number of nitrogens with one attached hydrogen (secondary N) is 1. The summed E-state index contributed by atoms with van der Waals surface area (Å²) in [7, 11) is 1.54. The van der Waals surface area contributed by atoms with Crippen molar-refractivity contribution in [1.82, 2.24) is 5.32 Å². The van der Waals surface area contributed by atoms with Crippen LogP contribution in [-0.2, 0) is 9.53 Å². The normalized spacial score (nSPS) is 11.1. The zero-order valence-corrected chi connectivity index (χ0v) is 13.3. The maximum absolute atomic E-state index is 11.9. The average molecular weight is 331 g/mol. The van der Waals surface area contributed by atoms with Crippen molar-refractivity contribution in [2.45, 2.75) is 0 Å². The summed E-state index contributed by atoms with van der Waals surface area (Å²) in [6.45, 7) is 0.717. The molecule has 0 radical (unpaired) electrons. The fraction of sp³-hybridized carbons (Fsp3) is 0.176. The van der Waals surface area contributed by atoms with Crippen LogP contribution in [0.3, 0.4) is 0 Å². The van der Waals surface area contributed by atoms with E-state index in [1.165, 1.54) is 13.2 Å². The van der Waals surface area contributed by atoms with Gasteiger partial charge in [0, 0.05) is 30.3 Å². The van der Waals surface area contributed by atoms with E-state index in [2.05, 4.69) is 5.32 Å². The first-order chi connectivity index (χ1) is 11.1. The number of rotatable bonds is 6. The van der Waals surface area contributed by atoms with Crippen molar-refractivity contribution >= 4 is 23.6 Å². The number of carbonyl (C=O) groups is 1. The molecule has 0 unspecified atom stereocenters. The number of halogens is 1. The van der Waals surface area contributed by atoms with Crippen LogP contribution in [0.4, 0.5) is 0 Å². The highest BCUT2D eigenvalue weighted by Gasteiger charge is 2.10. The predicted octanol–water partition coefficient (Wildman–Crippen LogP) is 3.27. The Bertz CT molecular complexity index is 742. The summed E-state index contributed by atoms with van der Waals surface area (Å²) < 4.78 is 10.5. The van der Waals surface area contributed by atoms with Gasteiger partial charge in [0.25, 0.3) is 5.91 Å². The SMILES string of the molecule is COCCNC(=O)C(C#N)=Cc1ccc(-c2ccc(Cl)cc2)o1. The van der Waals surface area contributed by atoms with Gasteiger partial charge in [0.2, 0.25) is 0 Å². The lowest BCUT2D eigenvalue weighted by atomic mass is 10.2. The Labute approximate surface area is 139 Å². The molecule has 23 heavy (non-hydrogen) atoms. The van der Waals surface area contributed by atoms with E-state index >= 15 is 0 Å². The fourth-order valence-electron chi connectivity index (χ4n) is 1.85. The number of methoxy groups -OCH3 is 1. The number of furan rings is 1. The van der Waals surface area contributed by atoms with Crippen molar-refractivity contribution in [3.05, 3.63) is 52.8 Å². The molecule has 2 aromatic rings. The number of nitrogens with zero attached hydrogens (tertiary/aromatic N) is 1. The Balaban J connectivity index is 2.13. The van der Waals surface area contributed by atoms with E-state index in [0.29, 0.717) is 29.7 Å². The summed E-state index contributed by atoms with van der Waals surface area (Å²) in [5.74, 6) is 0.590. The van der Waals surface area contributed by atoms with E-state index in [0.717, 1.165) is 5.56 Å². The molecule has 6 heteroatoms. The number of amides is 1. The van der Waals surface area contributed by atoms with Gasteiger partial charge in [0.05, 0.1) is 6.61 Å². The van der Waals surface area contributed by atoms with Gasteiger partial charge in [0.15, 0.2) is 0 Å². The van der Waals surface area contributed by atoms with Crippen LogP contribution in [0.25, 0.3) is 17.4 Å². The highest BCUT2D eigenvalue weighted by atomic mass is 35.5. The van der Waals surface area contributed by atoms with Gasteiger partial charge in [-0.15, -0.1) is 0 Å². The lowest BCUT2D eigenvalue weighted by Crippen LogP contribution is -2.27. The average Bonchev–Trinajstić information content (AvgIpc) is 3.02. The predicted molar refractivity (Wildman–Crippen MR) is 87.6 cm³/mol. The molecule has 118 valence electrons. The second-order valence-corrected chi connectivity index (χ2v) is 5.06. The molecule has 0 saturated carbocycles. The van der Waals surface area contributed by atoms with Gasteiger partial charge in [-0.1, -0.05) is 11.6 Å². The minimum atomic E-state index is -0.464. The van der Waals surface area contributed by atoms with E-state index in [-0.39, 0.29) is 5.57 Å². The number of nitriles is 1. The van der Waals surface area contributed by atoms with Gasteiger partial charge in [0.1, 0.15) is 23.2 Å². The number of hydrogen-bond acceptors (Lipinski definition) is 4. The standard InChI is InChI=1S/C17H15ClN2O3/c1-22-9-8-20-17(21)13(11-19)10-15-6-7-16(23-15)12-2-4-14(18)5-3-12/h2-7,10H,8-9H2,1H3,(H,20,21). The smallest absolute Gasteiger partial charge is 0.262 e. The van der Waals surface area contributed by atoms with Crippen LogP contribution in [0.2, 0.25) is 5.02 Å². The molecule has 2 rings (SSSR count). The van der Waals surface area contributed by atoms with Crippen molar-refractivity contribution in [2.75, 3.05) is 20.3 Å². The quantitative estimate of drug-likeness (QED) is 0.501. The first-order valence-electron chi connectivity index (χ1n) is 6.88. The van der Waals surface area contributed by atoms with Gasteiger partial charge in [-0.05, 0) is 36.4 Å². The highest BCUT2D eigenvalue weighted by Crippen LogP contribution is 2.24. The van der Waals surface area contributed by atoms with Gasteiger partial charge in [-0.2, -0.15) is 5.26 Å². The van der Waals surface area contributed by atoms with E-state index < -0.39 is 5.91 Å². The first-order valence-corrected chi connectivity index (χ1v) is 7.26. The van der Waals surface area contributed by atoms with Crippen LogP contribution in [0, 0.1) is 11.3 Å². The number of hydrogen-bond donors (Lipinski definition) is 1. The molecule has 0 atom stereocenters. The molecule has 0 fully saturated rings. The van der Waals surface area contributed by atoms with E-state index in [1.807, 2.05) is 18.2 Å². The highest BCUT2D eigenvalue weighted by molar-refractivity contribution is 6.30. The third kappa shape index (κ3) is 4.71. The minimum absolute atomic E-state index is 0.0295. The second kappa shape index (κ2) is 8.18. The van der Waals surface area contributed by atoms with Gasteiger partial charge >= 0.3 is 0 Å². The number of ether oxygens (including phenoxy) is 1. The topological polar surface area (TPSA) is 75.3 Å². The Morgan fingerprint density at radius 1 is 1.35 bits per heavy atom. The van der Waals surface area contributed by atoms with Crippen molar-refractivity contribution in [1.29, 1.82) is 5.26 Å². The Morgan fingerprint density at radius 2 is 2.09 bits per heavy atom. The molecule has 0 aliphatic rings. The number of carbonyl (C=O) groups excluding carboxylic acids is 1. The molecule has 1 aromatic carbocycles. The summed E-state index contributed by atoms with van der Waals surface area (Å²) in [5, 5.41) is 12.3. The van der Waals surface area contributed by atoms with Crippen LogP contribution in [0.15, 0.2) is 46.4 Å². The molecule has 5 nitrogen and oxygen atoms in total. The second-order valence-electron chi connectivity index (χ2n) is 4.63. The minimum Gasteiger partial charge on any atom is -0.457 e. The van der Waals surface area contributed by atoms with Gasteiger partial charge < -0.3 is 14.5 Å². The summed E-state index contributed by atoms with van der Waals surface area (Å²) in [5.41, 5.74) is 0.829. The van der Waals surface area contributed by atoms with Crippen LogP contribution >= 0.6 is 11.6 Å². The zero-order chi connectivity index (χ0) is 16.7. The molecule has 0 bridgehead atoms. The zero-order valence-electron chi connectivity index (χ0n) is 12.5. The molecule has 1 heterocycles. The van der Waals surface area contributed by atoms with Crippen LogP contribution in [-0.4, -0.2) is 26.2 Å².